The summed E-state index contributed by atoms with van der Waals surface area (Å²) in [6.07, 6.45) is 0. The first-order valence-electron chi connectivity index (χ1n) is 5.58. The zero-order valence-electron chi connectivity index (χ0n) is 9.86. The molecule has 1 amide bonds. The van der Waals surface area contributed by atoms with Gasteiger partial charge < -0.3 is 10.4 Å². The molecule has 0 aliphatic heterocycles. The minimum Gasteiger partial charge on any atom is -0.508 e. The van der Waals surface area contributed by atoms with E-state index in [9.17, 15) is 9.90 Å². The van der Waals surface area contributed by atoms with Gasteiger partial charge in [-0.3, -0.25) is 4.79 Å². The second-order valence-electron chi connectivity index (χ2n) is 3.94. The molecule has 0 saturated carbocycles. The topological polar surface area (TPSA) is 49.3 Å². The van der Waals surface area contributed by atoms with Crippen molar-refractivity contribution in [1.29, 1.82) is 0 Å². The number of nitrogens with one attached hydrogen (secondary N) is 1. The predicted octanol–water partition coefficient (Wildman–Crippen LogP) is 3.63. The van der Waals surface area contributed by atoms with Gasteiger partial charge in [-0.15, -0.1) is 0 Å². The first-order valence-corrected chi connectivity index (χ1v) is 6.33. The summed E-state index contributed by atoms with van der Waals surface area (Å²) in [7, 11) is 0. The molecule has 0 aliphatic carbocycles. The molecule has 0 radical (unpaired) electrons. The Bertz CT molecular complexity index is 614. The lowest BCUT2D eigenvalue weighted by molar-refractivity contribution is 0.0950. The van der Waals surface area contributed by atoms with E-state index in [0.717, 1.165) is 5.56 Å². The van der Waals surface area contributed by atoms with Crippen LogP contribution in [0.4, 0.5) is 0 Å². The van der Waals surface area contributed by atoms with Crippen molar-refractivity contribution in [3.8, 4) is 5.75 Å². The maximum absolute atomic E-state index is 12.0. The number of phenols is 1. The Hall–Kier alpha value is -1.71. The fraction of sp³-hybridized carbons (Fsp3) is 0.0714. The van der Waals surface area contributed by atoms with Crippen LogP contribution in [0.5, 0.6) is 5.75 Å². The van der Waals surface area contributed by atoms with Crippen LogP contribution in [-0.2, 0) is 6.54 Å². The van der Waals surface area contributed by atoms with Crippen molar-refractivity contribution < 1.29 is 9.90 Å². The summed E-state index contributed by atoms with van der Waals surface area (Å²) in [5, 5.41) is 12.9. The average molecular weight is 296 g/mol. The molecule has 0 saturated heterocycles. The van der Waals surface area contributed by atoms with Crippen LogP contribution in [0.15, 0.2) is 42.5 Å². The zero-order chi connectivity index (χ0) is 13.8. The van der Waals surface area contributed by atoms with Crippen molar-refractivity contribution in [2.45, 2.75) is 6.54 Å². The molecule has 0 fully saturated rings. The molecule has 0 atom stereocenters. The lowest BCUT2D eigenvalue weighted by Crippen LogP contribution is -2.23. The molecule has 0 heterocycles. The van der Waals surface area contributed by atoms with Crippen molar-refractivity contribution in [3.63, 3.8) is 0 Å². The normalized spacial score (nSPS) is 10.2. The molecular formula is C14H11Cl2NO2. The monoisotopic (exact) mass is 295 g/mol. The van der Waals surface area contributed by atoms with Gasteiger partial charge in [0.2, 0.25) is 0 Å². The number of phenolic OH excluding ortho intramolecular Hbond substituents is 1. The van der Waals surface area contributed by atoms with E-state index in [0.29, 0.717) is 11.6 Å². The molecule has 2 aromatic carbocycles. The number of carbonyl (C=O) groups is 1. The van der Waals surface area contributed by atoms with E-state index in [2.05, 4.69) is 5.32 Å². The molecule has 2 N–H and O–H groups in total. The highest BCUT2D eigenvalue weighted by molar-refractivity contribution is 6.34. The molecule has 5 heteroatoms. The Morgan fingerprint density at radius 2 is 1.84 bits per heavy atom. The number of carbonyl (C=O) groups excluding carboxylic acids is 1. The Kier molecular flexibility index (Phi) is 4.30. The number of halogens is 2. The number of hydrogen-bond acceptors (Lipinski definition) is 2. The standard InChI is InChI=1S/C14H11Cl2NO2/c15-12-4-2-1-3-9(12)8-17-14(19)11-7-10(18)5-6-13(11)16/h1-7,18H,8H2,(H,17,19). The first-order chi connectivity index (χ1) is 9.08. The molecule has 0 aliphatic rings. The Labute approximate surface area is 120 Å². The van der Waals surface area contributed by atoms with Gasteiger partial charge in [0.15, 0.2) is 0 Å². The van der Waals surface area contributed by atoms with E-state index < -0.39 is 0 Å². The third-order valence-electron chi connectivity index (χ3n) is 2.59. The smallest absolute Gasteiger partial charge is 0.253 e. The molecule has 0 aromatic heterocycles. The number of amides is 1. The molecule has 2 aromatic rings. The third kappa shape index (κ3) is 3.40. The maximum Gasteiger partial charge on any atom is 0.253 e. The minimum absolute atomic E-state index is 0.00714. The fourth-order valence-corrected chi connectivity index (χ4v) is 2.01. The maximum atomic E-state index is 12.0. The second-order valence-corrected chi connectivity index (χ2v) is 4.75. The first kappa shape index (κ1) is 13.7. The molecule has 0 bridgehead atoms. The summed E-state index contributed by atoms with van der Waals surface area (Å²) >= 11 is 11.9. The van der Waals surface area contributed by atoms with Gasteiger partial charge in [-0.25, -0.2) is 0 Å². The molecule has 98 valence electrons. The van der Waals surface area contributed by atoms with Gasteiger partial charge in [-0.05, 0) is 29.8 Å². The fourth-order valence-electron chi connectivity index (χ4n) is 1.60. The second kappa shape index (κ2) is 5.95. The molecule has 3 nitrogen and oxygen atoms in total. The van der Waals surface area contributed by atoms with E-state index >= 15 is 0 Å². The molecule has 0 spiro atoms. The number of benzene rings is 2. The van der Waals surface area contributed by atoms with Crippen LogP contribution in [0.1, 0.15) is 15.9 Å². The van der Waals surface area contributed by atoms with Gasteiger partial charge in [0.05, 0.1) is 10.6 Å². The summed E-state index contributed by atoms with van der Waals surface area (Å²) in [6.45, 7) is 0.296. The van der Waals surface area contributed by atoms with Crippen molar-refractivity contribution in [2.75, 3.05) is 0 Å². The van der Waals surface area contributed by atoms with Crippen molar-refractivity contribution in [1.82, 2.24) is 5.32 Å². The number of aromatic hydroxyl groups is 1. The third-order valence-corrected chi connectivity index (χ3v) is 3.29. The zero-order valence-corrected chi connectivity index (χ0v) is 11.4. The van der Waals surface area contributed by atoms with Crippen molar-refractivity contribution >= 4 is 29.1 Å². The summed E-state index contributed by atoms with van der Waals surface area (Å²) < 4.78 is 0. The van der Waals surface area contributed by atoms with Gasteiger partial charge in [0.1, 0.15) is 5.75 Å². The number of hydrogen-bond donors (Lipinski definition) is 2. The summed E-state index contributed by atoms with van der Waals surface area (Å²) in [5.41, 5.74) is 1.04. The predicted molar refractivity (Wildman–Crippen MR) is 75.7 cm³/mol. The van der Waals surface area contributed by atoms with Gasteiger partial charge in [0, 0.05) is 11.6 Å². The van der Waals surface area contributed by atoms with Crippen LogP contribution in [0, 0.1) is 0 Å². The molecular weight excluding hydrogens is 285 g/mol. The van der Waals surface area contributed by atoms with Crippen LogP contribution in [0.3, 0.4) is 0 Å². The van der Waals surface area contributed by atoms with Gasteiger partial charge in [-0.2, -0.15) is 0 Å². The van der Waals surface area contributed by atoms with Crippen LogP contribution >= 0.6 is 23.2 Å². The summed E-state index contributed by atoms with van der Waals surface area (Å²) in [5.74, 6) is -0.367. The Morgan fingerprint density at radius 1 is 1.11 bits per heavy atom. The highest BCUT2D eigenvalue weighted by Crippen LogP contribution is 2.21. The lowest BCUT2D eigenvalue weighted by atomic mass is 10.2. The van der Waals surface area contributed by atoms with E-state index in [1.54, 1.807) is 6.07 Å². The Morgan fingerprint density at radius 3 is 2.58 bits per heavy atom. The SMILES string of the molecule is O=C(NCc1ccccc1Cl)c1cc(O)ccc1Cl. The molecule has 0 unspecified atom stereocenters. The lowest BCUT2D eigenvalue weighted by Gasteiger charge is -2.08. The van der Waals surface area contributed by atoms with Crippen molar-refractivity contribution in [2.24, 2.45) is 0 Å². The van der Waals surface area contributed by atoms with Crippen molar-refractivity contribution in [3.05, 3.63) is 63.6 Å². The number of rotatable bonds is 3. The Balaban J connectivity index is 2.10. The average Bonchev–Trinajstić information content (AvgIpc) is 2.40. The van der Waals surface area contributed by atoms with Crippen LogP contribution in [0.25, 0.3) is 0 Å². The van der Waals surface area contributed by atoms with E-state index in [-0.39, 0.29) is 22.2 Å². The summed E-state index contributed by atoms with van der Waals surface area (Å²) in [6, 6.07) is 11.5. The molecule has 2 rings (SSSR count). The quantitative estimate of drug-likeness (QED) is 0.908. The molecule has 19 heavy (non-hydrogen) atoms. The van der Waals surface area contributed by atoms with Crippen LogP contribution < -0.4 is 5.32 Å². The van der Waals surface area contributed by atoms with Gasteiger partial charge in [0.25, 0.3) is 5.91 Å². The largest absolute Gasteiger partial charge is 0.508 e. The van der Waals surface area contributed by atoms with Crippen LogP contribution in [-0.4, -0.2) is 11.0 Å². The summed E-state index contributed by atoms with van der Waals surface area (Å²) in [4.78, 5) is 12.0. The highest BCUT2D eigenvalue weighted by atomic mass is 35.5. The minimum atomic E-state index is -0.360. The van der Waals surface area contributed by atoms with E-state index in [4.69, 9.17) is 23.2 Å². The van der Waals surface area contributed by atoms with E-state index in [1.165, 1.54) is 18.2 Å². The van der Waals surface area contributed by atoms with Crippen LogP contribution in [0.2, 0.25) is 10.0 Å². The van der Waals surface area contributed by atoms with Gasteiger partial charge >= 0.3 is 0 Å². The van der Waals surface area contributed by atoms with Gasteiger partial charge in [-0.1, -0.05) is 41.4 Å². The highest BCUT2D eigenvalue weighted by Gasteiger charge is 2.11. The van der Waals surface area contributed by atoms with E-state index in [1.807, 2.05) is 18.2 Å².